The number of nitro groups is 1. The van der Waals surface area contributed by atoms with Crippen molar-refractivity contribution in [3.05, 3.63) is 64.0 Å². The molecule has 0 fully saturated rings. The van der Waals surface area contributed by atoms with E-state index in [0.29, 0.717) is 27.9 Å². The molecule has 2 aromatic carbocycles. The molecule has 2 heterocycles. The number of rotatable bonds is 5. The fourth-order valence-electron chi connectivity index (χ4n) is 3.00. The molecular formula is C19H16N6O3S. The zero-order chi connectivity index (χ0) is 20.5. The summed E-state index contributed by atoms with van der Waals surface area (Å²) in [6.07, 6.45) is 0. The number of fused-ring (bicyclic) bond motifs is 3. The molecule has 4 aromatic rings. The van der Waals surface area contributed by atoms with E-state index in [0.717, 1.165) is 10.9 Å². The Morgan fingerprint density at radius 1 is 1.17 bits per heavy atom. The number of carbonyl (C=O) groups is 1. The first-order valence-electron chi connectivity index (χ1n) is 8.73. The predicted octanol–water partition coefficient (Wildman–Crippen LogP) is 3.53. The molecule has 0 aliphatic heterocycles. The third kappa shape index (κ3) is 3.61. The molecule has 1 amide bonds. The third-order valence-corrected chi connectivity index (χ3v) is 5.29. The summed E-state index contributed by atoms with van der Waals surface area (Å²) < 4.78 is 1.63. The Kier molecular flexibility index (Phi) is 4.85. The van der Waals surface area contributed by atoms with E-state index in [2.05, 4.69) is 20.4 Å². The molecule has 9 nitrogen and oxygen atoms in total. The smallest absolute Gasteiger partial charge is 0.274 e. The van der Waals surface area contributed by atoms with E-state index in [1.165, 1.54) is 17.8 Å². The summed E-state index contributed by atoms with van der Waals surface area (Å²) in [5, 5.41) is 19.6. The number of hydrogen-bond acceptors (Lipinski definition) is 7. The molecule has 0 aliphatic rings. The lowest BCUT2D eigenvalue weighted by Gasteiger charge is -2.09. The highest BCUT2D eigenvalue weighted by atomic mass is 32.2. The van der Waals surface area contributed by atoms with Gasteiger partial charge in [-0.3, -0.25) is 14.9 Å². The Hall–Kier alpha value is -3.53. The number of nitro benzene ring substituents is 1. The number of thioether (sulfide) groups is 1. The Morgan fingerprint density at radius 2 is 1.97 bits per heavy atom. The third-order valence-electron chi connectivity index (χ3n) is 4.36. The van der Waals surface area contributed by atoms with Crippen LogP contribution in [0.15, 0.2) is 47.6 Å². The molecule has 29 heavy (non-hydrogen) atoms. The second-order valence-corrected chi connectivity index (χ2v) is 7.29. The number of amides is 1. The summed E-state index contributed by atoms with van der Waals surface area (Å²) in [5.74, 6) is 0.391. The average molecular weight is 408 g/mol. The summed E-state index contributed by atoms with van der Waals surface area (Å²) in [6, 6.07) is 12.2. The summed E-state index contributed by atoms with van der Waals surface area (Å²) in [7, 11) is 0. The van der Waals surface area contributed by atoms with Crippen molar-refractivity contribution in [3.63, 3.8) is 0 Å². The van der Waals surface area contributed by atoms with Crippen LogP contribution in [-0.4, -0.2) is 36.2 Å². The topological polar surface area (TPSA) is 115 Å². The van der Waals surface area contributed by atoms with Crippen LogP contribution in [0.4, 0.5) is 11.4 Å². The van der Waals surface area contributed by atoms with Crippen LogP contribution < -0.4 is 5.32 Å². The van der Waals surface area contributed by atoms with Crippen molar-refractivity contribution in [2.45, 2.75) is 19.0 Å². The van der Waals surface area contributed by atoms with E-state index in [-0.39, 0.29) is 17.3 Å². The second-order valence-electron chi connectivity index (χ2n) is 6.35. The number of nitrogens with zero attached hydrogens (tertiary/aromatic N) is 5. The first-order valence-corrected chi connectivity index (χ1v) is 9.71. The first-order chi connectivity index (χ1) is 13.9. The summed E-state index contributed by atoms with van der Waals surface area (Å²) in [4.78, 5) is 32.1. The van der Waals surface area contributed by atoms with Crippen LogP contribution in [0.25, 0.3) is 16.6 Å². The number of aromatic nitrogens is 4. The molecule has 1 N–H and O–H groups in total. The van der Waals surface area contributed by atoms with Gasteiger partial charge in [-0.25, -0.2) is 9.97 Å². The largest absolute Gasteiger partial charge is 0.325 e. The summed E-state index contributed by atoms with van der Waals surface area (Å²) in [5.41, 5.74) is 2.24. The Morgan fingerprint density at radius 3 is 2.76 bits per heavy atom. The van der Waals surface area contributed by atoms with Crippen LogP contribution in [0, 0.1) is 24.0 Å². The van der Waals surface area contributed by atoms with Gasteiger partial charge >= 0.3 is 0 Å². The highest BCUT2D eigenvalue weighted by molar-refractivity contribution is 7.99. The van der Waals surface area contributed by atoms with Crippen molar-refractivity contribution in [2.75, 3.05) is 11.1 Å². The number of carbonyl (C=O) groups excluding carboxylic acids is 1. The van der Waals surface area contributed by atoms with Crippen LogP contribution in [-0.2, 0) is 4.79 Å². The molecule has 0 bridgehead atoms. The molecule has 10 heteroatoms. The zero-order valence-corrected chi connectivity index (χ0v) is 16.4. The number of nitrogens with one attached hydrogen (secondary N) is 1. The van der Waals surface area contributed by atoms with Crippen LogP contribution in [0.1, 0.15) is 11.4 Å². The fraction of sp³-hybridized carbons (Fsp3) is 0.158. The Labute approximate surface area is 169 Å². The van der Waals surface area contributed by atoms with Crippen molar-refractivity contribution in [1.29, 1.82) is 0 Å². The molecule has 0 spiro atoms. The highest BCUT2D eigenvalue weighted by Gasteiger charge is 2.17. The van der Waals surface area contributed by atoms with Crippen LogP contribution in [0.5, 0.6) is 0 Å². The van der Waals surface area contributed by atoms with Crippen molar-refractivity contribution >= 4 is 45.6 Å². The van der Waals surface area contributed by atoms with E-state index in [9.17, 15) is 14.9 Å². The maximum Gasteiger partial charge on any atom is 0.274 e. The Bertz CT molecular complexity index is 1270. The second kappa shape index (κ2) is 7.47. The summed E-state index contributed by atoms with van der Waals surface area (Å²) >= 11 is 1.23. The van der Waals surface area contributed by atoms with E-state index in [1.807, 2.05) is 24.3 Å². The van der Waals surface area contributed by atoms with Gasteiger partial charge in [-0.15, -0.1) is 5.10 Å². The van der Waals surface area contributed by atoms with Gasteiger partial charge in [0, 0.05) is 11.5 Å². The highest BCUT2D eigenvalue weighted by Crippen LogP contribution is 2.26. The van der Waals surface area contributed by atoms with Crippen LogP contribution in [0.2, 0.25) is 0 Å². The molecule has 4 rings (SSSR count). The van der Waals surface area contributed by atoms with E-state index in [4.69, 9.17) is 0 Å². The number of aryl methyl sites for hydroxylation is 1. The SMILES string of the molecule is Cc1nc2c3ccccc3nc(SCC(=O)Nc3cccc([N+](=O)[O-])c3C)n2n1. The van der Waals surface area contributed by atoms with Crippen LogP contribution in [0.3, 0.4) is 0 Å². The van der Waals surface area contributed by atoms with E-state index >= 15 is 0 Å². The first kappa shape index (κ1) is 18.8. The molecule has 0 saturated heterocycles. The zero-order valence-electron chi connectivity index (χ0n) is 15.6. The van der Waals surface area contributed by atoms with E-state index in [1.54, 1.807) is 30.5 Å². The van der Waals surface area contributed by atoms with Gasteiger partial charge < -0.3 is 5.32 Å². The molecule has 2 aromatic heterocycles. The lowest BCUT2D eigenvalue weighted by Crippen LogP contribution is -2.16. The van der Waals surface area contributed by atoms with Gasteiger partial charge in [0.1, 0.15) is 5.82 Å². The van der Waals surface area contributed by atoms with Gasteiger partial charge in [-0.1, -0.05) is 30.0 Å². The monoisotopic (exact) mass is 408 g/mol. The molecule has 0 aliphatic carbocycles. The van der Waals surface area contributed by atoms with Gasteiger partial charge in [0.25, 0.3) is 5.69 Å². The quantitative estimate of drug-likeness (QED) is 0.232. The lowest BCUT2D eigenvalue weighted by atomic mass is 10.1. The molecular weight excluding hydrogens is 392 g/mol. The molecule has 0 radical (unpaired) electrons. The van der Waals surface area contributed by atoms with Crippen molar-refractivity contribution in [1.82, 2.24) is 19.6 Å². The fourth-order valence-corrected chi connectivity index (χ4v) is 3.74. The lowest BCUT2D eigenvalue weighted by molar-refractivity contribution is -0.385. The number of hydrogen-bond donors (Lipinski definition) is 1. The molecule has 146 valence electrons. The van der Waals surface area contributed by atoms with Crippen molar-refractivity contribution in [2.24, 2.45) is 0 Å². The van der Waals surface area contributed by atoms with E-state index < -0.39 is 4.92 Å². The Balaban J connectivity index is 1.57. The van der Waals surface area contributed by atoms with Gasteiger partial charge in [-0.05, 0) is 32.0 Å². The van der Waals surface area contributed by atoms with Gasteiger partial charge in [0.15, 0.2) is 10.8 Å². The maximum atomic E-state index is 12.4. The molecule has 0 atom stereocenters. The number of para-hydroxylation sites is 1. The van der Waals surface area contributed by atoms with Crippen LogP contribution >= 0.6 is 11.8 Å². The molecule has 0 saturated carbocycles. The minimum absolute atomic E-state index is 0.0357. The van der Waals surface area contributed by atoms with Gasteiger partial charge in [0.05, 0.1) is 27.4 Å². The summed E-state index contributed by atoms with van der Waals surface area (Å²) in [6.45, 7) is 3.40. The number of anilines is 1. The minimum Gasteiger partial charge on any atom is -0.325 e. The average Bonchev–Trinajstić information content (AvgIpc) is 3.09. The van der Waals surface area contributed by atoms with Crippen molar-refractivity contribution in [3.8, 4) is 0 Å². The standard InChI is InChI=1S/C19H16N6O3S/c1-11-14(8-5-9-16(11)25(27)28)21-17(26)10-29-19-22-15-7-4-3-6-13(15)18-20-12(2)23-24(18)19/h3-9H,10H2,1-2H3,(H,21,26). The molecule has 0 unspecified atom stereocenters. The minimum atomic E-state index is -0.470. The van der Waals surface area contributed by atoms with Gasteiger partial charge in [0.2, 0.25) is 5.91 Å². The normalized spacial score (nSPS) is 11.1. The predicted molar refractivity (Wildman–Crippen MR) is 110 cm³/mol. The maximum absolute atomic E-state index is 12.4. The van der Waals surface area contributed by atoms with Gasteiger partial charge in [-0.2, -0.15) is 4.52 Å². The number of benzene rings is 2. The van der Waals surface area contributed by atoms with Crippen molar-refractivity contribution < 1.29 is 9.72 Å².